The molecule has 0 saturated carbocycles. The summed E-state index contributed by atoms with van der Waals surface area (Å²) in [5.41, 5.74) is 1.18. The normalized spacial score (nSPS) is 10.1. The smallest absolute Gasteiger partial charge is 0.121 e. The van der Waals surface area contributed by atoms with Crippen LogP contribution in [0.3, 0.4) is 0 Å². The SMILES string of the molecule is Clc1[c]ccc(OCc2ccsc2)c1. The van der Waals surface area contributed by atoms with Crippen LogP contribution in [0, 0.1) is 6.07 Å². The Kier molecular flexibility index (Phi) is 3.07. The molecule has 1 aromatic carbocycles. The average Bonchev–Trinajstić information content (AvgIpc) is 2.67. The monoisotopic (exact) mass is 223 g/mol. The number of rotatable bonds is 3. The van der Waals surface area contributed by atoms with Gasteiger partial charge in [-0.05, 0) is 40.6 Å². The number of ether oxygens (including phenoxy) is 1. The van der Waals surface area contributed by atoms with Crippen molar-refractivity contribution >= 4 is 22.9 Å². The molecule has 3 heteroatoms. The second-order valence-electron chi connectivity index (χ2n) is 2.79. The van der Waals surface area contributed by atoms with Gasteiger partial charge in [0, 0.05) is 6.07 Å². The van der Waals surface area contributed by atoms with Crippen LogP contribution in [-0.4, -0.2) is 0 Å². The summed E-state index contributed by atoms with van der Waals surface area (Å²) < 4.78 is 5.53. The Balaban J connectivity index is 1.98. The quantitative estimate of drug-likeness (QED) is 0.770. The van der Waals surface area contributed by atoms with Gasteiger partial charge >= 0.3 is 0 Å². The fraction of sp³-hybridized carbons (Fsp3) is 0.0909. The van der Waals surface area contributed by atoms with Gasteiger partial charge in [0.1, 0.15) is 12.4 Å². The summed E-state index contributed by atoms with van der Waals surface area (Å²) in [6, 6.07) is 10.3. The zero-order valence-corrected chi connectivity index (χ0v) is 8.94. The highest BCUT2D eigenvalue weighted by Crippen LogP contribution is 2.18. The summed E-state index contributed by atoms with van der Waals surface area (Å²) in [5.74, 6) is 0.778. The van der Waals surface area contributed by atoms with Crippen LogP contribution in [0.5, 0.6) is 5.75 Å². The summed E-state index contributed by atoms with van der Waals surface area (Å²) >= 11 is 7.44. The summed E-state index contributed by atoms with van der Waals surface area (Å²) in [5, 5.41) is 4.68. The van der Waals surface area contributed by atoms with E-state index >= 15 is 0 Å². The molecule has 0 bridgehead atoms. The molecule has 1 nitrogen and oxygen atoms in total. The molecule has 0 saturated heterocycles. The minimum Gasteiger partial charge on any atom is -0.489 e. The van der Waals surface area contributed by atoms with Crippen molar-refractivity contribution in [3.05, 3.63) is 51.7 Å². The molecule has 0 atom stereocenters. The first-order valence-electron chi connectivity index (χ1n) is 4.16. The summed E-state index contributed by atoms with van der Waals surface area (Å²) in [6.45, 7) is 0.587. The molecule has 71 valence electrons. The first kappa shape index (κ1) is 9.56. The van der Waals surface area contributed by atoms with E-state index in [1.807, 2.05) is 17.5 Å². The van der Waals surface area contributed by atoms with Gasteiger partial charge in [-0.15, -0.1) is 0 Å². The molecule has 0 amide bonds. The molecule has 2 rings (SSSR count). The lowest BCUT2D eigenvalue weighted by Gasteiger charge is -2.04. The zero-order chi connectivity index (χ0) is 9.80. The van der Waals surface area contributed by atoms with Gasteiger partial charge in [-0.25, -0.2) is 0 Å². The maximum Gasteiger partial charge on any atom is 0.121 e. The maximum absolute atomic E-state index is 5.77. The second kappa shape index (κ2) is 4.49. The van der Waals surface area contributed by atoms with E-state index < -0.39 is 0 Å². The molecule has 2 aromatic rings. The molecular weight excluding hydrogens is 216 g/mol. The number of hydrogen-bond acceptors (Lipinski definition) is 2. The molecule has 0 aliphatic carbocycles. The van der Waals surface area contributed by atoms with E-state index in [4.69, 9.17) is 16.3 Å². The van der Waals surface area contributed by atoms with E-state index in [9.17, 15) is 0 Å². The van der Waals surface area contributed by atoms with E-state index in [1.54, 1.807) is 23.5 Å². The van der Waals surface area contributed by atoms with E-state index in [1.165, 1.54) is 5.56 Å². The van der Waals surface area contributed by atoms with Gasteiger partial charge in [0.25, 0.3) is 0 Å². The molecular formula is C11H8ClOS. The van der Waals surface area contributed by atoms with Crippen molar-refractivity contribution in [1.82, 2.24) is 0 Å². The number of halogens is 1. The summed E-state index contributed by atoms with van der Waals surface area (Å²) in [4.78, 5) is 0. The Morgan fingerprint density at radius 3 is 3.07 bits per heavy atom. The molecule has 1 radical (unpaired) electrons. The Bertz CT molecular complexity index is 397. The van der Waals surface area contributed by atoms with Crippen LogP contribution < -0.4 is 4.74 Å². The van der Waals surface area contributed by atoms with Crippen molar-refractivity contribution < 1.29 is 4.74 Å². The van der Waals surface area contributed by atoms with Crippen molar-refractivity contribution in [2.45, 2.75) is 6.61 Å². The van der Waals surface area contributed by atoms with E-state index in [2.05, 4.69) is 11.4 Å². The molecule has 0 N–H and O–H groups in total. The van der Waals surface area contributed by atoms with E-state index in [0.29, 0.717) is 11.6 Å². The van der Waals surface area contributed by atoms with E-state index in [0.717, 1.165) is 5.75 Å². The van der Waals surface area contributed by atoms with Crippen molar-refractivity contribution in [3.63, 3.8) is 0 Å². The third kappa shape index (κ3) is 2.50. The van der Waals surface area contributed by atoms with Crippen LogP contribution in [0.25, 0.3) is 0 Å². The van der Waals surface area contributed by atoms with Crippen LogP contribution in [-0.2, 0) is 6.61 Å². The predicted molar refractivity (Wildman–Crippen MR) is 58.9 cm³/mol. The molecule has 0 spiro atoms. The lowest BCUT2D eigenvalue weighted by Crippen LogP contribution is -1.92. The van der Waals surface area contributed by atoms with Gasteiger partial charge in [-0.2, -0.15) is 11.3 Å². The molecule has 0 unspecified atom stereocenters. The third-order valence-electron chi connectivity index (χ3n) is 1.72. The predicted octanol–water partition coefficient (Wildman–Crippen LogP) is 3.78. The molecule has 0 fully saturated rings. The largest absolute Gasteiger partial charge is 0.489 e. The summed E-state index contributed by atoms with van der Waals surface area (Å²) in [7, 11) is 0. The molecule has 0 aliphatic heterocycles. The minimum absolute atomic E-state index is 0.577. The highest BCUT2D eigenvalue weighted by molar-refractivity contribution is 7.07. The van der Waals surface area contributed by atoms with Crippen molar-refractivity contribution in [3.8, 4) is 5.75 Å². The fourth-order valence-electron chi connectivity index (χ4n) is 1.05. The lowest BCUT2D eigenvalue weighted by atomic mass is 10.3. The standard InChI is InChI=1S/C11H8ClOS/c12-10-2-1-3-11(6-10)13-7-9-4-5-14-8-9/h1,3-6,8H,7H2. The molecule has 14 heavy (non-hydrogen) atoms. The third-order valence-corrected chi connectivity index (χ3v) is 2.67. The van der Waals surface area contributed by atoms with Crippen LogP contribution in [0.4, 0.5) is 0 Å². The van der Waals surface area contributed by atoms with Gasteiger partial charge in [-0.1, -0.05) is 11.6 Å². The zero-order valence-electron chi connectivity index (χ0n) is 7.37. The Morgan fingerprint density at radius 2 is 2.36 bits per heavy atom. The topological polar surface area (TPSA) is 9.23 Å². The van der Waals surface area contributed by atoms with Crippen molar-refractivity contribution in [2.75, 3.05) is 0 Å². The van der Waals surface area contributed by atoms with Gasteiger partial charge < -0.3 is 4.74 Å². The Hall–Kier alpha value is -0.990. The van der Waals surface area contributed by atoms with Crippen LogP contribution in [0.15, 0.2) is 35.0 Å². The Morgan fingerprint density at radius 1 is 1.43 bits per heavy atom. The van der Waals surface area contributed by atoms with Crippen molar-refractivity contribution in [2.24, 2.45) is 0 Å². The van der Waals surface area contributed by atoms with E-state index in [-0.39, 0.29) is 0 Å². The van der Waals surface area contributed by atoms with Gasteiger partial charge in [0.15, 0.2) is 0 Å². The molecule has 0 aliphatic rings. The highest BCUT2D eigenvalue weighted by atomic mass is 35.5. The van der Waals surface area contributed by atoms with Crippen LogP contribution in [0.1, 0.15) is 5.56 Å². The van der Waals surface area contributed by atoms with Crippen molar-refractivity contribution in [1.29, 1.82) is 0 Å². The number of hydrogen-bond donors (Lipinski definition) is 0. The van der Waals surface area contributed by atoms with Gasteiger partial charge in [-0.3, -0.25) is 0 Å². The van der Waals surface area contributed by atoms with Gasteiger partial charge in [0.05, 0.1) is 5.02 Å². The fourth-order valence-corrected chi connectivity index (χ4v) is 1.87. The van der Waals surface area contributed by atoms with Crippen LogP contribution in [0.2, 0.25) is 5.02 Å². The first-order chi connectivity index (χ1) is 6.84. The minimum atomic E-state index is 0.577. The maximum atomic E-state index is 5.77. The highest BCUT2D eigenvalue weighted by Gasteiger charge is 1.96. The second-order valence-corrected chi connectivity index (χ2v) is 3.98. The summed E-state index contributed by atoms with van der Waals surface area (Å²) in [6.07, 6.45) is 0. The Labute approximate surface area is 91.9 Å². The average molecular weight is 224 g/mol. The number of thiophene rings is 1. The van der Waals surface area contributed by atoms with Crippen LogP contribution >= 0.6 is 22.9 Å². The molecule has 1 aromatic heterocycles. The van der Waals surface area contributed by atoms with Gasteiger partial charge in [0.2, 0.25) is 0 Å². The number of benzene rings is 1. The first-order valence-corrected chi connectivity index (χ1v) is 5.48. The molecule has 1 heterocycles. The lowest BCUT2D eigenvalue weighted by molar-refractivity contribution is 0.307.